The average Bonchev–Trinajstić information content (AvgIpc) is 2.89. The molecule has 0 radical (unpaired) electrons. The second-order valence-electron chi connectivity index (χ2n) is 5.21. The number of imidazole rings is 1. The molecule has 0 atom stereocenters. The van der Waals surface area contributed by atoms with Gasteiger partial charge in [-0.05, 0) is 26.7 Å². The van der Waals surface area contributed by atoms with Crippen molar-refractivity contribution < 1.29 is 0 Å². The summed E-state index contributed by atoms with van der Waals surface area (Å²) >= 11 is 0. The molecule has 0 bridgehead atoms. The summed E-state index contributed by atoms with van der Waals surface area (Å²) in [5.74, 6) is 0. The van der Waals surface area contributed by atoms with Gasteiger partial charge in [0.15, 0.2) is 0 Å². The fraction of sp³-hybridized carbons (Fsp3) is 0.769. The Bertz CT molecular complexity index is 399. The highest BCUT2D eigenvalue weighted by Crippen LogP contribution is 2.17. The third-order valence-electron chi connectivity index (χ3n) is 3.57. The minimum atomic E-state index is 0.105. The molecule has 17 heavy (non-hydrogen) atoms. The van der Waals surface area contributed by atoms with Crippen LogP contribution in [0.3, 0.4) is 0 Å². The molecule has 1 saturated carbocycles. The Hall–Kier alpha value is -1.03. The first-order valence-electron chi connectivity index (χ1n) is 6.69. The Morgan fingerprint density at radius 2 is 2.06 bits per heavy atom. The van der Waals surface area contributed by atoms with E-state index in [9.17, 15) is 4.79 Å². The maximum atomic E-state index is 11.9. The molecule has 0 unspecified atom stereocenters. The normalized spacial score (nSPS) is 17.1. The molecule has 1 aromatic rings. The molecule has 0 amide bonds. The van der Waals surface area contributed by atoms with Crippen molar-refractivity contribution in [1.29, 1.82) is 0 Å². The van der Waals surface area contributed by atoms with Gasteiger partial charge in [0.25, 0.3) is 0 Å². The lowest BCUT2D eigenvalue weighted by molar-refractivity contribution is 0.484. The standard InChI is InChI=1S/C13H23N3O/c1-11(2)16-10-9-15(13(16)17)8-7-14-12-5-3-4-6-12/h9-12,14H,3-8H2,1-2H3. The molecular formula is C13H23N3O. The molecule has 1 fully saturated rings. The van der Waals surface area contributed by atoms with Crippen LogP contribution in [0.5, 0.6) is 0 Å². The summed E-state index contributed by atoms with van der Waals surface area (Å²) in [7, 11) is 0. The van der Waals surface area contributed by atoms with Gasteiger partial charge in [0, 0.05) is 37.6 Å². The minimum absolute atomic E-state index is 0.105. The Balaban J connectivity index is 1.84. The van der Waals surface area contributed by atoms with Crippen molar-refractivity contribution in [2.75, 3.05) is 6.54 Å². The summed E-state index contributed by atoms with van der Waals surface area (Å²) in [6.07, 6.45) is 9.05. The van der Waals surface area contributed by atoms with Gasteiger partial charge in [-0.2, -0.15) is 0 Å². The summed E-state index contributed by atoms with van der Waals surface area (Å²) in [5, 5.41) is 3.53. The van der Waals surface area contributed by atoms with Crippen molar-refractivity contribution in [3.63, 3.8) is 0 Å². The predicted octanol–water partition coefficient (Wildman–Crippen LogP) is 1.76. The van der Waals surface area contributed by atoms with Crippen molar-refractivity contribution in [2.24, 2.45) is 0 Å². The first-order chi connectivity index (χ1) is 8.18. The van der Waals surface area contributed by atoms with Gasteiger partial charge in [-0.1, -0.05) is 12.8 Å². The van der Waals surface area contributed by atoms with Gasteiger partial charge < -0.3 is 5.32 Å². The summed E-state index contributed by atoms with van der Waals surface area (Å²) in [4.78, 5) is 11.9. The van der Waals surface area contributed by atoms with Gasteiger partial charge in [-0.3, -0.25) is 9.13 Å². The van der Waals surface area contributed by atoms with Crippen molar-refractivity contribution >= 4 is 0 Å². The zero-order valence-electron chi connectivity index (χ0n) is 10.9. The van der Waals surface area contributed by atoms with Crippen molar-refractivity contribution in [3.05, 3.63) is 22.9 Å². The van der Waals surface area contributed by atoms with Crippen LogP contribution in [-0.2, 0) is 6.54 Å². The van der Waals surface area contributed by atoms with Crippen LogP contribution in [-0.4, -0.2) is 21.7 Å². The van der Waals surface area contributed by atoms with Crippen LogP contribution in [0.2, 0.25) is 0 Å². The molecular weight excluding hydrogens is 214 g/mol. The third-order valence-corrected chi connectivity index (χ3v) is 3.57. The first kappa shape index (κ1) is 12.4. The van der Waals surface area contributed by atoms with E-state index in [1.54, 1.807) is 9.13 Å². The highest BCUT2D eigenvalue weighted by Gasteiger charge is 2.13. The van der Waals surface area contributed by atoms with Crippen molar-refractivity contribution in [1.82, 2.24) is 14.5 Å². The zero-order valence-corrected chi connectivity index (χ0v) is 10.9. The van der Waals surface area contributed by atoms with E-state index in [0.29, 0.717) is 6.04 Å². The van der Waals surface area contributed by atoms with E-state index in [4.69, 9.17) is 0 Å². The summed E-state index contributed by atoms with van der Waals surface area (Å²) in [5.41, 5.74) is 0.105. The van der Waals surface area contributed by atoms with E-state index in [-0.39, 0.29) is 11.7 Å². The van der Waals surface area contributed by atoms with Gasteiger partial charge in [-0.25, -0.2) is 4.79 Å². The van der Waals surface area contributed by atoms with Crippen LogP contribution in [0.4, 0.5) is 0 Å². The average molecular weight is 237 g/mol. The van der Waals surface area contributed by atoms with Gasteiger partial charge in [0.05, 0.1) is 0 Å². The number of aromatic nitrogens is 2. The van der Waals surface area contributed by atoms with E-state index in [1.165, 1.54) is 25.7 Å². The van der Waals surface area contributed by atoms with Crippen LogP contribution < -0.4 is 11.0 Å². The van der Waals surface area contributed by atoms with E-state index in [1.807, 2.05) is 26.2 Å². The van der Waals surface area contributed by atoms with Crippen LogP contribution >= 0.6 is 0 Å². The molecule has 1 aromatic heterocycles. The van der Waals surface area contributed by atoms with Crippen LogP contribution in [0.15, 0.2) is 17.2 Å². The molecule has 2 rings (SSSR count). The summed E-state index contributed by atoms with van der Waals surface area (Å²) in [6, 6.07) is 0.921. The van der Waals surface area contributed by atoms with Crippen LogP contribution in [0.1, 0.15) is 45.6 Å². The molecule has 4 heteroatoms. The largest absolute Gasteiger partial charge is 0.328 e. The molecule has 0 saturated heterocycles. The number of hydrogen-bond donors (Lipinski definition) is 1. The monoisotopic (exact) mass is 237 g/mol. The highest BCUT2D eigenvalue weighted by atomic mass is 16.1. The maximum Gasteiger partial charge on any atom is 0.328 e. The second kappa shape index (κ2) is 5.54. The molecule has 1 aliphatic rings. The van der Waals surface area contributed by atoms with Crippen LogP contribution in [0.25, 0.3) is 0 Å². The minimum Gasteiger partial charge on any atom is -0.312 e. The molecule has 0 spiro atoms. The molecule has 1 heterocycles. The van der Waals surface area contributed by atoms with Gasteiger partial charge in [-0.15, -0.1) is 0 Å². The fourth-order valence-corrected chi connectivity index (χ4v) is 2.51. The number of hydrogen-bond acceptors (Lipinski definition) is 2. The SMILES string of the molecule is CC(C)n1ccn(CCNC2CCCC2)c1=O. The van der Waals surface area contributed by atoms with Crippen LogP contribution in [0, 0.1) is 0 Å². The number of rotatable bonds is 5. The van der Waals surface area contributed by atoms with Gasteiger partial charge in [0.1, 0.15) is 0 Å². The van der Waals surface area contributed by atoms with Crippen molar-refractivity contribution in [3.8, 4) is 0 Å². The van der Waals surface area contributed by atoms with Gasteiger partial charge in [0.2, 0.25) is 0 Å². The number of nitrogens with zero attached hydrogens (tertiary/aromatic N) is 2. The van der Waals surface area contributed by atoms with E-state index in [2.05, 4.69) is 5.32 Å². The maximum absolute atomic E-state index is 11.9. The Kier molecular flexibility index (Phi) is 4.05. The molecule has 1 aliphatic carbocycles. The number of nitrogens with one attached hydrogen (secondary N) is 1. The molecule has 4 nitrogen and oxygen atoms in total. The van der Waals surface area contributed by atoms with E-state index >= 15 is 0 Å². The lowest BCUT2D eigenvalue weighted by Gasteiger charge is -2.11. The Morgan fingerprint density at radius 3 is 2.65 bits per heavy atom. The first-order valence-corrected chi connectivity index (χ1v) is 6.69. The Labute approximate surface area is 103 Å². The molecule has 96 valence electrons. The quantitative estimate of drug-likeness (QED) is 0.847. The smallest absolute Gasteiger partial charge is 0.312 e. The van der Waals surface area contributed by atoms with E-state index in [0.717, 1.165) is 13.1 Å². The summed E-state index contributed by atoms with van der Waals surface area (Å²) in [6.45, 7) is 5.73. The fourth-order valence-electron chi connectivity index (χ4n) is 2.51. The Morgan fingerprint density at radius 1 is 1.35 bits per heavy atom. The molecule has 0 aromatic carbocycles. The van der Waals surface area contributed by atoms with E-state index < -0.39 is 0 Å². The molecule has 1 N–H and O–H groups in total. The predicted molar refractivity (Wildman–Crippen MR) is 69.3 cm³/mol. The zero-order chi connectivity index (χ0) is 12.3. The van der Waals surface area contributed by atoms with Gasteiger partial charge >= 0.3 is 5.69 Å². The second-order valence-corrected chi connectivity index (χ2v) is 5.21. The topological polar surface area (TPSA) is 39.0 Å². The molecule has 0 aliphatic heterocycles. The van der Waals surface area contributed by atoms with Crippen molar-refractivity contribution in [2.45, 2.75) is 58.2 Å². The lowest BCUT2D eigenvalue weighted by Crippen LogP contribution is -2.33. The summed E-state index contributed by atoms with van der Waals surface area (Å²) < 4.78 is 3.57. The highest BCUT2D eigenvalue weighted by molar-refractivity contribution is 4.84. The lowest BCUT2D eigenvalue weighted by atomic mass is 10.2. The third kappa shape index (κ3) is 3.00.